The van der Waals surface area contributed by atoms with E-state index >= 15 is 0 Å². The smallest absolute Gasteiger partial charge is 0.267 e. The van der Waals surface area contributed by atoms with E-state index in [0.717, 1.165) is 0 Å². The Morgan fingerprint density at radius 1 is 1.00 bits per heavy atom. The average Bonchev–Trinajstić information content (AvgIpc) is 2.64. The quantitative estimate of drug-likeness (QED) is 0.487. The molecule has 0 aliphatic rings. The van der Waals surface area contributed by atoms with Crippen molar-refractivity contribution in [2.45, 2.75) is 4.90 Å². The van der Waals surface area contributed by atoms with E-state index in [-0.39, 0.29) is 17.0 Å². The Morgan fingerprint density at radius 3 is 2.23 bits per heavy atom. The Labute approximate surface area is 159 Å². The van der Waals surface area contributed by atoms with Crippen LogP contribution >= 0.6 is 15.9 Å². The summed E-state index contributed by atoms with van der Waals surface area (Å²) in [5.74, 6) is 1.08. The minimum absolute atomic E-state index is 0.0263. The standard InChI is InChI=1S/C17H14BrN3O4S/c1-2-11-19-26(24,25)13-9-7-12(8-10-13)16(22)20-21-17(23)14-5-3-4-6-15(14)18/h1,3-10,19H,11H2,(H,20,22)(H,21,23). The zero-order chi connectivity index (χ0) is 19.2. The molecular formula is C17H14BrN3O4S. The molecule has 0 heterocycles. The minimum atomic E-state index is -3.73. The van der Waals surface area contributed by atoms with Gasteiger partial charge < -0.3 is 0 Å². The molecule has 0 atom stereocenters. The first-order chi connectivity index (χ1) is 12.3. The van der Waals surface area contributed by atoms with Gasteiger partial charge in [0.1, 0.15) is 0 Å². The van der Waals surface area contributed by atoms with Gasteiger partial charge in [-0.2, -0.15) is 4.72 Å². The molecule has 0 aliphatic carbocycles. The Bertz CT molecular complexity index is 966. The Morgan fingerprint density at radius 2 is 1.62 bits per heavy atom. The molecule has 134 valence electrons. The largest absolute Gasteiger partial charge is 0.270 e. The van der Waals surface area contributed by atoms with E-state index in [9.17, 15) is 18.0 Å². The van der Waals surface area contributed by atoms with Crippen LogP contribution in [0, 0.1) is 12.3 Å². The fourth-order valence-electron chi connectivity index (χ4n) is 1.90. The second kappa shape index (κ2) is 8.62. The predicted molar refractivity (Wildman–Crippen MR) is 99.5 cm³/mol. The highest BCUT2D eigenvalue weighted by Gasteiger charge is 2.15. The van der Waals surface area contributed by atoms with Crippen molar-refractivity contribution < 1.29 is 18.0 Å². The van der Waals surface area contributed by atoms with Crippen molar-refractivity contribution >= 4 is 37.8 Å². The van der Waals surface area contributed by atoms with Gasteiger partial charge in [0.2, 0.25) is 10.0 Å². The van der Waals surface area contributed by atoms with Crippen LogP contribution in [0.4, 0.5) is 0 Å². The van der Waals surface area contributed by atoms with Gasteiger partial charge in [-0.05, 0) is 52.3 Å². The van der Waals surface area contributed by atoms with Crippen LogP contribution in [0.25, 0.3) is 0 Å². The zero-order valence-corrected chi connectivity index (χ0v) is 15.7. The first-order valence-corrected chi connectivity index (χ1v) is 9.51. The van der Waals surface area contributed by atoms with E-state index in [1.807, 2.05) is 0 Å². The van der Waals surface area contributed by atoms with E-state index in [1.54, 1.807) is 24.3 Å². The fraction of sp³-hybridized carbons (Fsp3) is 0.0588. The molecule has 9 heteroatoms. The van der Waals surface area contributed by atoms with Gasteiger partial charge in [0.15, 0.2) is 0 Å². The number of halogens is 1. The molecule has 2 aromatic carbocycles. The van der Waals surface area contributed by atoms with Gasteiger partial charge >= 0.3 is 0 Å². The van der Waals surface area contributed by atoms with Crippen molar-refractivity contribution in [1.29, 1.82) is 0 Å². The third-order valence-corrected chi connectivity index (χ3v) is 5.31. The van der Waals surface area contributed by atoms with E-state index in [1.165, 1.54) is 24.3 Å². The number of amides is 2. The monoisotopic (exact) mass is 435 g/mol. The molecule has 0 fully saturated rings. The maximum absolute atomic E-state index is 12.1. The molecular weight excluding hydrogens is 422 g/mol. The van der Waals surface area contributed by atoms with Gasteiger partial charge in [0, 0.05) is 10.0 Å². The average molecular weight is 436 g/mol. The van der Waals surface area contributed by atoms with Crippen LogP contribution in [-0.2, 0) is 10.0 Å². The summed E-state index contributed by atoms with van der Waals surface area (Å²) in [6.45, 7) is -0.133. The topological polar surface area (TPSA) is 104 Å². The molecule has 0 spiro atoms. The van der Waals surface area contributed by atoms with E-state index < -0.39 is 21.8 Å². The maximum Gasteiger partial charge on any atom is 0.270 e. The SMILES string of the molecule is C#CCNS(=O)(=O)c1ccc(C(=O)NNC(=O)c2ccccc2Br)cc1. The number of hydrogen-bond donors (Lipinski definition) is 3. The second-order valence-corrected chi connectivity index (χ2v) is 7.56. The zero-order valence-electron chi connectivity index (χ0n) is 13.3. The van der Waals surface area contributed by atoms with Crippen LogP contribution in [0.1, 0.15) is 20.7 Å². The molecule has 0 bridgehead atoms. The van der Waals surface area contributed by atoms with Crippen LogP contribution in [0.15, 0.2) is 57.9 Å². The van der Waals surface area contributed by atoms with E-state index in [4.69, 9.17) is 6.42 Å². The van der Waals surface area contributed by atoms with Gasteiger partial charge in [-0.15, -0.1) is 6.42 Å². The number of carbonyl (C=O) groups is 2. The Balaban J connectivity index is 2.01. The molecule has 0 unspecified atom stereocenters. The minimum Gasteiger partial charge on any atom is -0.267 e. The summed E-state index contributed by atoms with van der Waals surface area (Å²) in [5, 5.41) is 0. The summed E-state index contributed by atoms with van der Waals surface area (Å²) < 4.78 is 26.6. The van der Waals surface area contributed by atoms with Crippen molar-refractivity contribution in [2.24, 2.45) is 0 Å². The Hall–Kier alpha value is -2.67. The summed E-state index contributed by atoms with van der Waals surface area (Å²) in [5.41, 5.74) is 5.09. The molecule has 0 aliphatic heterocycles. The molecule has 2 amide bonds. The van der Waals surface area contributed by atoms with Crippen LogP contribution in [0.2, 0.25) is 0 Å². The lowest BCUT2D eigenvalue weighted by Gasteiger charge is -2.09. The number of terminal acetylenes is 1. The van der Waals surface area contributed by atoms with Crippen LogP contribution in [-0.4, -0.2) is 26.8 Å². The number of nitrogens with one attached hydrogen (secondary N) is 3. The molecule has 3 N–H and O–H groups in total. The van der Waals surface area contributed by atoms with Gasteiger partial charge in [-0.3, -0.25) is 20.4 Å². The molecule has 2 aromatic rings. The third-order valence-electron chi connectivity index (χ3n) is 3.20. The lowest BCUT2D eigenvalue weighted by molar-refractivity contribution is 0.0846. The highest BCUT2D eigenvalue weighted by Crippen LogP contribution is 2.15. The molecule has 2 rings (SSSR count). The fourth-order valence-corrected chi connectivity index (χ4v) is 3.30. The number of hydrazine groups is 1. The maximum atomic E-state index is 12.1. The molecule has 7 nitrogen and oxygen atoms in total. The lowest BCUT2D eigenvalue weighted by Crippen LogP contribution is -2.41. The van der Waals surface area contributed by atoms with Gasteiger partial charge in [-0.25, -0.2) is 8.42 Å². The van der Waals surface area contributed by atoms with Gasteiger partial charge in [0.25, 0.3) is 11.8 Å². The first kappa shape index (κ1) is 19.7. The highest BCUT2D eigenvalue weighted by molar-refractivity contribution is 9.10. The van der Waals surface area contributed by atoms with E-state index in [0.29, 0.717) is 10.0 Å². The van der Waals surface area contributed by atoms with Crippen LogP contribution in [0.3, 0.4) is 0 Å². The van der Waals surface area contributed by atoms with Crippen molar-refractivity contribution in [3.8, 4) is 12.3 Å². The molecule has 0 saturated heterocycles. The van der Waals surface area contributed by atoms with Crippen molar-refractivity contribution in [3.05, 3.63) is 64.1 Å². The summed E-state index contributed by atoms with van der Waals surface area (Å²) in [6, 6.07) is 11.9. The summed E-state index contributed by atoms with van der Waals surface area (Å²) >= 11 is 3.24. The van der Waals surface area contributed by atoms with Crippen LogP contribution < -0.4 is 15.6 Å². The highest BCUT2D eigenvalue weighted by atomic mass is 79.9. The third kappa shape index (κ3) is 4.92. The lowest BCUT2D eigenvalue weighted by atomic mass is 10.2. The number of rotatable bonds is 5. The van der Waals surface area contributed by atoms with Gasteiger partial charge in [-0.1, -0.05) is 18.1 Å². The number of sulfonamides is 1. The molecule has 0 radical (unpaired) electrons. The number of hydrogen-bond acceptors (Lipinski definition) is 4. The van der Waals surface area contributed by atoms with Crippen molar-refractivity contribution in [2.75, 3.05) is 6.54 Å². The summed E-state index contributed by atoms with van der Waals surface area (Å²) in [4.78, 5) is 24.1. The van der Waals surface area contributed by atoms with Crippen molar-refractivity contribution in [3.63, 3.8) is 0 Å². The van der Waals surface area contributed by atoms with Crippen LogP contribution in [0.5, 0.6) is 0 Å². The first-order valence-electron chi connectivity index (χ1n) is 7.23. The number of benzene rings is 2. The molecule has 26 heavy (non-hydrogen) atoms. The second-order valence-electron chi connectivity index (χ2n) is 4.94. The van der Waals surface area contributed by atoms with Crippen molar-refractivity contribution in [1.82, 2.24) is 15.6 Å². The molecule has 0 aromatic heterocycles. The predicted octanol–water partition coefficient (Wildman–Crippen LogP) is 1.44. The Kier molecular flexibility index (Phi) is 6.52. The summed E-state index contributed by atoms with van der Waals surface area (Å²) in [6.07, 6.45) is 5.02. The molecule has 0 saturated carbocycles. The normalized spacial score (nSPS) is 10.6. The van der Waals surface area contributed by atoms with E-state index in [2.05, 4.69) is 37.4 Å². The number of carbonyl (C=O) groups excluding carboxylic acids is 2. The summed E-state index contributed by atoms with van der Waals surface area (Å²) in [7, 11) is -3.73. The van der Waals surface area contributed by atoms with Gasteiger partial charge in [0.05, 0.1) is 17.0 Å².